The van der Waals surface area contributed by atoms with Gasteiger partial charge in [0.1, 0.15) is 5.60 Å². The third-order valence-corrected chi connectivity index (χ3v) is 10.8. The average molecular weight is 455 g/mol. The van der Waals surface area contributed by atoms with Crippen LogP contribution < -0.4 is 5.32 Å². The number of ether oxygens (including phenoxy) is 1. The molecule has 0 aromatic rings. The smallest absolute Gasteiger partial charge is 0.407 e. The fourth-order valence-corrected chi connectivity index (χ4v) is 4.42. The molecule has 0 aromatic carbocycles. The largest absolute Gasteiger partial charge is 0.444 e. The minimum absolute atomic E-state index is 0.00870. The number of hydrogen-bond donors (Lipinski definition) is 1. The Hall–Kier alpha value is -0.803. The molecule has 5 nitrogen and oxygen atoms in total. The normalized spacial score (nSPS) is 24.1. The first-order valence-corrected chi connectivity index (χ1v) is 13.6. The number of alkyl halides is 3. The molecule has 0 radical (unpaired) electrons. The summed E-state index contributed by atoms with van der Waals surface area (Å²) in [6, 6.07) is -0.822. The standard InChI is InChI=1S/C21H41F3N2O3Si/c1-19(2,3)29-18(27)25-16-11-10-15(21(22,23)24)14-17(16)26(7)12-13-28-30(8,9)20(4,5)6/h15-17H,10-14H2,1-9H3,(H,25,27)/t15-,16-,17-/m0/s1. The molecule has 0 saturated heterocycles. The van der Waals surface area contributed by atoms with Crippen LogP contribution in [0.2, 0.25) is 18.1 Å². The van der Waals surface area contributed by atoms with Gasteiger partial charge in [0, 0.05) is 25.2 Å². The minimum atomic E-state index is -4.23. The fraction of sp³-hybridized carbons (Fsp3) is 0.952. The van der Waals surface area contributed by atoms with Crippen LogP contribution in [-0.2, 0) is 9.16 Å². The molecule has 30 heavy (non-hydrogen) atoms. The molecule has 1 aliphatic carbocycles. The predicted molar refractivity (Wildman–Crippen MR) is 116 cm³/mol. The zero-order valence-electron chi connectivity index (χ0n) is 20.1. The second-order valence-electron chi connectivity index (χ2n) is 11.0. The number of likely N-dealkylation sites (N-methyl/N-ethyl adjacent to an activating group) is 1. The van der Waals surface area contributed by atoms with E-state index >= 15 is 0 Å². The van der Waals surface area contributed by atoms with Crippen molar-refractivity contribution in [2.75, 3.05) is 20.2 Å². The molecule has 9 heteroatoms. The SMILES string of the molecule is CN(CCO[Si](C)(C)C(C)(C)C)[C@H]1C[C@@H](C(F)(F)F)CC[C@@H]1NC(=O)OC(C)(C)C. The molecule has 1 amide bonds. The van der Waals surface area contributed by atoms with Gasteiger partial charge in [0.2, 0.25) is 0 Å². The number of rotatable bonds is 6. The van der Waals surface area contributed by atoms with Gasteiger partial charge in [0.15, 0.2) is 8.32 Å². The summed E-state index contributed by atoms with van der Waals surface area (Å²) in [6.45, 7) is 17.0. The predicted octanol–water partition coefficient (Wildman–Crippen LogP) is 5.56. The number of nitrogens with one attached hydrogen (secondary N) is 1. The average Bonchev–Trinajstić information content (AvgIpc) is 2.50. The van der Waals surface area contributed by atoms with Gasteiger partial charge < -0.3 is 14.5 Å². The molecule has 1 fully saturated rings. The summed E-state index contributed by atoms with van der Waals surface area (Å²) in [5.41, 5.74) is -0.661. The number of carbonyl (C=O) groups excluding carboxylic acids is 1. The van der Waals surface area contributed by atoms with Crippen molar-refractivity contribution in [3.8, 4) is 0 Å². The summed E-state index contributed by atoms with van der Waals surface area (Å²) in [5, 5.41) is 2.88. The van der Waals surface area contributed by atoms with Crippen LogP contribution in [0.15, 0.2) is 0 Å². The Morgan fingerprint density at radius 3 is 2.13 bits per heavy atom. The molecule has 178 valence electrons. The maximum atomic E-state index is 13.4. The van der Waals surface area contributed by atoms with Gasteiger partial charge in [-0.25, -0.2) is 4.79 Å². The second kappa shape index (κ2) is 9.77. The van der Waals surface area contributed by atoms with Crippen molar-refractivity contribution in [1.29, 1.82) is 0 Å². The van der Waals surface area contributed by atoms with Gasteiger partial charge in [-0.2, -0.15) is 13.2 Å². The number of amides is 1. The van der Waals surface area contributed by atoms with Crippen LogP contribution in [0.25, 0.3) is 0 Å². The van der Waals surface area contributed by atoms with Crippen LogP contribution in [-0.4, -0.2) is 63.4 Å². The van der Waals surface area contributed by atoms with E-state index in [9.17, 15) is 18.0 Å². The summed E-state index contributed by atoms with van der Waals surface area (Å²) >= 11 is 0. The van der Waals surface area contributed by atoms with Gasteiger partial charge in [-0.15, -0.1) is 0 Å². The van der Waals surface area contributed by atoms with E-state index in [1.54, 1.807) is 20.8 Å². The summed E-state index contributed by atoms with van der Waals surface area (Å²) < 4.78 is 51.7. The van der Waals surface area contributed by atoms with Gasteiger partial charge in [0.05, 0.1) is 5.92 Å². The van der Waals surface area contributed by atoms with Crippen LogP contribution in [0.5, 0.6) is 0 Å². The summed E-state index contributed by atoms with van der Waals surface area (Å²) in [5.74, 6) is -1.36. The van der Waals surface area contributed by atoms with E-state index in [0.29, 0.717) is 13.2 Å². The second-order valence-corrected chi connectivity index (χ2v) is 15.8. The summed E-state index contributed by atoms with van der Waals surface area (Å²) in [7, 11) is -0.123. The van der Waals surface area contributed by atoms with Crippen molar-refractivity contribution in [1.82, 2.24) is 10.2 Å². The Bertz CT molecular complexity index is 571. The first-order valence-electron chi connectivity index (χ1n) is 10.7. The van der Waals surface area contributed by atoms with E-state index in [4.69, 9.17) is 9.16 Å². The van der Waals surface area contributed by atoms with E-state index in [0.717, 1.165) is 0 Å². The van der Waals surface area contributed by atoms with Crippen LogP contribution in [0.1, 0.15) is 60.8 Å². The van der Waals surface area contributed by atoms with E-state index in [-0.39, 0.29) is 24.3 Å². The van der Waals surface area contributed by atoms with E-state index in [1.165, 1.54) is 0 Å². The van der Waals surface area contributed by atoms with Gasteiger partial charge in [-0.1, -0.05) is 20.8 Å². The lowest BCUT2D eigenvalue weighted by molar-refractivity contribution is -0.187. The molecule has 0 unspecified atom stereocenters. The Kier molecular flexibility index (Phi) is 8.87. The van der Waals surface area contributed by atoms with Crippen molar-refractivity contribution in [3.63, 3.8) is 0 Å². The van der Waals surface area contributed by atoms with Crippen LogP contribution >= 0.6 is 0 Å². The molecule has 1 saturated carbocycles. The molecular weight excluding hydrogens is 413 g/mol. The number of alkyl carbamates (subject to hydrolysis) is 1. The highest BCUT2D eigenvalue weighted by Gasteiger charge is 2.46. The Balaban J connectivity index is 2.83. The van der Waals surface area contributed by atoms with E-state index in [2.05, 4.69) is 39.2 Å². The van der Waals surface area contributed by atoms with E-state index in [1.807, 2.05) is 11.9 Å². The lowest BCUT2D eigenvalue weighted by atomic mass is 9.81. The molecule has 0 heterocycles. The quantitative estimate of drug-likeness (QED) is 0.534. The Labute approximate surface area is 181 Å². The first-order chi connectivity index (χ1) is 13.3. The molecule has 1 aliphatic rings. The topological polar surface area (TPSA) is 50.8 Å². The highest BCUT2D eigenvalue weighted by molar-refractivity contribution is 6.74. The molecule has 0 spiro atoms. The summed E-state index contributed by atoms with van der Waals surface area (Å²) in [6.07, 6.45) is -4.58. The highest BCUT2D eigenvalue weighted by Crippen LogP contribution is 2.39. The molecule has 0 aliphatic heterocycles. The molecule has 1 rings (SSSR count). The maximum absolute atomic E-state index is 13.4. The molecule has 0 bridgehead atoms. The van der Waals surface area contributed by atoms with Crippen LogP contribution in [0.3, 0.4) is 0 Å². The van der Waals surface area contributed by atoms with Crippen molar-refractivity contribution in [2.24, 2.45) is 5.92 Å². The molecule has 3 atom stereocenters. The van der Waals surface area contributed by atoms with Gasteiger partial charge in [-0.3, -0.25) is 4.90 Å². The minimum Gasteiger partial charge on any atom is -0.444 e. The van der Waals surface area contributed by atoms with E-state index < -0.39 is 44.2 Å². The van der Waals surface area contributed by atoms with Gasteiger partial charge in [-0.05, 0) is 65.2 Å². The lowest BCUT2D eigenvalue weighted by Crippen LogP contribution is -2.56. The van der Waals surface area contributed by atoms with Crippen molar-refractivity contribution in [3.05, 3.63) is 0 Å². The monoisotopic (exact) mass is 454 g/mol. The Morgan fingerprint density at radius 2 is 1.67 bits per heavy atom. The number of hydrogen-bond acceptors (Lipinski definition) is 4. The number of nitrogens with zero attached hydrogens (tertiary/aromatic N) is 1. The molecule has 1 N–H and O–H groups in total. The lowest BCUT2D eigenvalue weighted by Gasteiger charge is -2.42. The highest BCUT2D eigenvalue weighted by atomic mass is 28.4. The van der Waals surface area contributed by atoms with Crippen LogP contribution in [0, 0.1) is 5.92 Å². The zero-order chi connectivity index (χ0) is 23.5. The van der Waals surface area contributed by atoms with Crippen molar-refractivity contribution < 1.29 is 27.1 Å². The first kappa shape index (κ1) is 27.2. The zero-order valence-corrected chi connectivity index (χ0v) is 21.1. The fourth-order valence-electron chi connectivity index (χ4n) is 3.39. The van der Waals surface area contributed by atoms with Gasteiger partial charge >= 0.3 is 12.3 Å². The van der Waals surface area contributed by atoms with Crippen molar-refractivity contribution in [2.45, 2.75) is 103 Å². The maximum Gasteiger partial charge on any atom is 0.407 e. The van der Waals surface area contributed by atoms with Crippen LogP contribution in [0.4, 0.5) is 18.0 Å². The Morgan fingerprint density at radius 1 is 1.10 bits per heavy atom. The third kappa shape index (κ3) is 8.38. The molecule has 0 aromatic heterocycles. The number of carbonyl (C=O) groups is 1. The van der Waals surface area contributed by atoms with Crippen molar-refractivity contribution >= 4 is 14.4 Å². The van der Waals surface area contributed by atoms with Gasteiger partial charge in [0.25, 0.3) is 0 Å². The number of halogens is 3. The third-order valence-electron chi connectivity index (χ3n) is 6.26. The summed E-state index contributed by atoms with van der Waals surface area (Å²) in [4.78, 5) is 14.1. The molecular formula is C21H41F3N2O3Si.